The smallest absolute Gasteiger partial charge is 0.264 e. The monoisotopic (exact) mass is 379 g/mol. The molecule has 0 aliphatic carbocycles. The summed E-state index contributed by atoms with van der Waals surface area (Å²) in [4.78, 5) is 12.7. The Morgan fingerprint density at radius 2 is 1.96 bits per heavy atom. The van der Waals surface area contributed by atoms with Gasteiger partial charge in [-0.2, -0.15) is 0 Å². The third-order valence-electron chi connectivity index (χ3n) is 5.32. The number of ether oxygens (including phenoxy) is 3. The summed E-state index contributed by atoms with van der Waals surface area (Å²) in [6, 6.07) is 13.7. The lowest BCUT2D eigenvalue weighted by Crippen LogP contribution is -2.52. The molecule has 0 radical (unpaired) electrons. The molecule has 0 aromatic heterocycles. The van der Waals surface area contributed by atoms with Crippen LogP contribution in [0.4, 0.5) is 0 Å². The molecular weight excluding hydrogens is 358 g/mol. The Labute approximate surface area is 162 Å². The van der Waals surface area contributed by atoms with Crippen LogP contribution in [0, 0.1) is 0 Å². The number of benzene rings is 2. The first-order valence-corrected chi connectivity index (χ1v) is 9.32. The summed E-state index contributed by atoms with van der Waals surface area (Å²) >= 11 is 0. The van der Waals surface area contributed by atoms with Gasteiger partial charge in [0.2, 0.25) is 0 Å². The number of hydrogen-bond acceptors (Lipinski definition) is 6. The van der Waals surface area contributed by atoms with Crippen molar-refractivity contribution in [3.8, 4) is 17.2 Å². The SMILES string of the molecule is COc1cccc(C2CNN3C(=O)C=C(c4ccc5c(c4)OCCO5)NC23)c1. The van der Waals surface area contributed by atoms with Crippen molar-refractivity contribution >= 4 is 11.6 Å². The van der Waals surface area contributed by atoms with E-state index < -0.39 is 0 Å². The summed E-state index contributed by atoms with van der Waals surface area (Å²) in [5.41, 5.74) is 6.00. The third kappa shape index (κ3) is 2.84. The maximum absolute atomic E-state index is 12.7. The topological polar surface area (TPSA) is 72.1 Å². The lowest BCUT2D eigenvalue weighted by molar-refractivity contribution is -0.130. The Morgan fingerprint density at radius 3 is 2.82 bits per heavy atom. The largest absolute Gasteiger partial charge is 0.497 e. The normalized spacial score (nSPS) is 23.0. The van der Waals surface area contributed by atoms with Gasteiger partial charge in [-0.15, -0.1) is 0 Å². The first kappa shape index (κ1) is 16.9. The van der Waals surface area contributed by atoms with Gasteiger partial charge in [0.15, 0.2) is 11.5 Å². The number of amides is 1. The summed E-state index contributed by atoms with van der Waals surface area (Å²) < 4.78 is 16.6. The predicted molar refractivity (Wildman–Crippen MR) is 103 cm³/mol. The number of fused-ring (bicyclic) bond motifs is 2. The van der Waals surface area contributed by atoms with Crippen LogP contribution in [0.1, 0.15) is 17.0 Å². The van der Waals surface area contributed by atoms with Crippen molar-refractivity contribution in [2.24, 2.45) is 0 Å². The van der Waals surface area contributed by atoms with Crippen LogP contribution in [0.25, 0.3) is 5.70 Å². The van der Waals surface area contributed by atoms with Crippen LogP contribution in [-0.4, -0.2) is 44.0 Å². The molecule has 2 atom stereocenters. The van der Waals surface area contributed by atoms with Gasteiger partial charge in [0.05, 0.1) is 7.11 Å². The number of methoxy groups -OCH3 is 1. The molecule has 1 saturated heterocycles. The third-order valence-corrected chi connectivity index (χ3v) is 5.32. The minimum atomic E-state index is -0.187. The van der Waals surface area contributed by atoms with E-state index in [-0.39, 0.29) is 18.0 Å². The molecule has 3 aliphatic rings. The molecule has 1 amide bonds. The van der Waals surface area contributed by atoms with Crippen LogP contribution in [0.15, 0.2) is 48.5 Å². The van der Waals surface area contributed by atoms with Crippen LogP contribution in [0.3, 0.4) is 0 Å². The lowest BCUT2D eigenvalue weighted by Gasteiger charge is -2.33. The molecule has 1 fully saturated rings. The molecule has 5 rings (SSSR count). The zero-order valence-electron chi connectivity index (χ0n) is 15.5. The molecule has 3 aliphatic heterocycles. The molecule has 2 aromatic rings. The minimum Gasteiger partial charge on any atom is -0.497 e. The van der Waals surface area contributed by atoms with E-state index >= 15 is 0 Å². The van der Waals surface area contributed by atoms with Crippen molar-refractivity contribution in [2.75, 3.05) is 26.9 Å². The Balaban J connectivity index is 1.45. The Kier molecular flexibility index (Phi) is 4.09. The van der Waals surface area contributed by atoms with Crippen LogP contribution in [0.5, 0.6) is 17.2 Å². The molecule has 28 heavy (non-hydrogen) atoms. The number of rotatable bonds is 3. The van der Waals surface area contributed by atoms with Crippen LogP contribution in [0.2, 0.25) is 0 Å². The summed E-state index contributed by atoms with van der Waals surface area (Å²) in [5, 5.41) is 5.18. The van der Waals surface area contributed by atoms with Gasteiger partial charge in [0, 0.05) is 29.8 Å². The van der Waals surface area contributed by atoms with E-state index in [4.69, 9.17) is 14.2 Å². The highest BCUT2D eigenvalue weighted by molar-refractivity contribution is 5.97. The molecular formula is C21H21N3O4. The van der Waals surface area contributed by atoms with Crippen molar-refractivity contribution in [1.82, 2.24) is 15.8 Å². The van der Waals surface area contributed by atoms with Gasteiger partial charge in [-0.3, -0.25) is 9.80 Å². The average molecular weight is 379 g/mol. The summed E-state index contributed by atoms with van der Waals surface area (Å²) in [6.45, 7) is 1.75. The fraction of sp³-hybridized carbons (Fsp3) is 0.286. The fourth-order valence-electron chi connectivity index (χ4n) is 3.91. The van der Waals surface area contributed by atoms with Crippen LogP contribution in [-0.2, 0) is 4.79 Å². The quantitative estimate of drug-likeness (QED) is 0.848. The minimum absolute atomic E-state index is 0.0703. The lowest BCUT2D eigenvalue weighted by atomic mass is 9.95. The zero-order chi connectivity index (χ0) is 19.1. The first-order valence-electron chi connectivity index (χ1n) is 9.32. The first-order chi connectivity index (χ1) is 13.7. The highest BCUT2D eigenvalue weighted by Gasteiger charge is 2.40. The molecule has 0 bridgehead atoms. The standard InChI is InChI=1S/C21H21N3O4/c1-26-15-4-2-3-13(9-15)16-12-22-24-20(25)11-17(23-21(16)24)14-5-6-18-19(10-14)28-8-7-27-18/h2-6,9-11,16,21-23H,7-8,12H2,1H3. The Morgan fingerprint density at radius 1 is 1.11 bits per heavy atom. The molecule has 7 heteroatoms. The van der Waals surface area contributed by atoms with E-state index in [0.717, 1.165) is 28.3 Å². The molecule has 2 aromatic carbocycles. The number of hydrazine groups is 1. The number of nitrogens with one attached hydrogen (secondary N) is 2. The molecule has 0 saturated carbocycles. The van der Waals surface area contributed by atoms with Crippen LogP contribution < -0.4 is 25.0 Å². The molecule has 2 unspecified atom stereocenters. The van der Waals surface area contributed by atoms with Gasteiger partial charge in [-0.25, -0.2) is 5.43 Å². The zero-order valence-corrected chi connectivity index (χ0v) is 15.5. The van der Waals surface area contributed by atoms with Crippen molar-refractivity contribution in [1.29, 1.82) is 0 Å². The van der Waals surface area contributed by atoms with Gasteiger partial charge in [0.25, 0.3) is 5.91 Å². The van der Waals surface area contributed by atoms with Crippen molar-refractivity contribution in [2.45, 2.75) is 12.1 Å². The summed E-state index contributed by atoms with van der Waals surface area (Å²) in [5.74, 6) is 2.27. The second-order valence-electron chi connectivity index (χ2n) is 6.96. The van der Waals surface area contributed by atoms with E-state index in [2.05, 4.69) is 16.8 Å². The van der Waals surface area contributed by atoms with Gasteiger partial charge in [0.1, 0.15) is 25.1 Å². The van der Waals surface area contributed by atoms with E-state index in [0.29, 0.717) is 25.5 Å². The molecule has 7 nitrogen and oxygen atoms in total. The van der Waals surface area contributed by atoms with Crippen molar-refractivity contribution < 1.29 is 19.0 Å². The van der Waals surface area contributed by atoms with E-state index in [9.17, 15) is 4.79 Å². The van der Waals surface area contributed by atoms with Gasteiger partial charge >= 0.3 is 0 Å². The number of nitrogens with zero attached hydrogens (tertiary/aromatic N) is 1. The van der Waals surface area contributed by atoms with Gasteiger partial charge < -0.3 is 19.5 Å². The molecule has 144 valence electrons. The molecule has 0 spiro atoms. The second-order valence-corrected chi connectivity index (χ2v) is 6.96. The van der Waals surface area contributed by atoms with Gasteiger partial charge in [-0.05, 0) is 35.9 Å². The van der Waals surface area contributed by atoms with E-state index in [1.54, 1.807) is 18.2 Å². The fourth-order valence-corrected chi connectivity index (χ4v) is 3.91. The summed E-state index contributed by atoms with van der Waals surface area (Å²) in [7, 11) is 1.66. The van der Waals surface area contributed by atoms with Crippen molar-refractivity contribution in [3.05, 3.63) is 59.7 Å². The number of carbonyl (C=O) groups is 1. The summed E-state index contributed by atoms with van der Waals surface area (Å²) in [6.07, 6.45) is 1.43. The van der Waals surface area contributed by atoms with E-state index in [1.165, 1.54) is 0 Å². The van der Waals surface area contributed by atoms with Crippen LogP contribution >= 0.6 is 0 Å². The Hall–Kier alpha value is -3.19. The number of hydrogen-bond donors (Lipinski definition) is 2. The highest BCUT2D eigenvalue weighted by atomic mass is 16.6. The second kappa shape index (κ2) is 6.76. The predicted octanol–water partition coefficient (Wildman–Crippen LogP) is 1.87. The maximum Gasteiger partial charge on any atom is 0.264 e. The average Bonchev–Trinajstić information content (AvgIpc) is 3.18. The van der Waals surface area contributed by atoms with Gasteiger partial charge in [-0.1, -0.05) is 12.1 Å². The molecule has 3 heterocycles. The highest BCUT2D eigenvalue weighted by Crippen LogP contribution is 2.35. The van der Waals surface area contributed by atoms with E-state index in [1.807, 2.05) is 36.4 Å². The molecule has 2 N–H and O–H groups in total. The maximum atomic E-state index is 12.7. The Bertz CT molecular complexity index is 958. The van der Waals surface area contributed by atoms with Crippen molar-refractivity contribution in [3.63, 3.8) is 0 Å². The number of carbonyl (C=O) groups excluding carboxylic acids is 1.